The summed E-state index contributed by atoms with van der Waals surface area (Å²) in [4.78, 5) is 13.9. The predicted octanol–water partition coefficient (Wildman–Crippen LogP) is 0.749. The SMILES string of the molecule is CNCCC(=O)N(CCO)C1CCCCC1. The second-order valence-electron chi connectivity index (χ2n) is 4.46. The minimum absolute atomic E-state index is 0.0712. The lowest BCUT2D eigenvalue weighted by Crippen LogP contribution is -2.43. The van der Waals surface area contributed by atoms with Crippen molar-refractivity contribution in [1.82, 2.24) is 10.2 Å². The van der Waals surface area contributed by atoms with Gasteiger partial charge in [-0.15, -0.1) is 0 Å². The molecule has 1 rings (SSSR count). The molecule has 1 fully saturated rings. The maximum absolute atomic E-state index is 12.0. The highest BCUT2D eigenvalue weighted by Gasteiger charge is 2.24. The third kappa shape index (κ3) is 4.10. The number of hydrogen-bond acceptors (Lipinski definition) is 3. The smallest absolute Gasteiger partial charge is 0.224 e. The maximum Gasteiger partial charge on any atom is 0.224 e. The molecule has 0 aromatic rings. The number of carbonyl (C=O) groups is 1. The Labute approximate surface area is 98.0 Å². The van der Waals surface area contributed by atoms with E-state index in [9.17, 15) is 4.79 Å². The lowest BCUT2D eigenvalue weighted by atomic mass is 9.94. The minimum Gasteiger partial charge on any atom is -0.395 e. The minimum atomic E-state index is 0.0712. The molecule has 16 heavy (non-hydrogen) atoms. The Kier molecular flexibility index (Phi) is 6.42. The molecule has 0 aromatic heterocycles. The molecule has 4 nitrogen and oxygen atoms in total. The van der Waals surface area contributed by atoms with E-state index in [0.717, 1.165) is 12.8 Å². The van der Waals surface area contributed by atoms with Crippen molar-refractivity contribution in [3.63, 3.8) is 0 Å². The average Bonchev–Trinajstić information content (AvgIpc) is 2.34. The van der Waals surface area contributed by atoms with Crippen LogP contribution in [0.2, 0.25) is 0 Å². The van der Waals surface area contributed by atoms with Gasteiger partial charge in [0.15, 0.2) is 0 Å². The molecule has 0 aliphatic heterocycles. The van der Waals surface area contributed by atoms with Crippen molar-refractivity contribution >= 4 is 5.91 Å². The molecule has 1 aliphatic rings. The van der Waals surface area contributed by atoms with Gasteiger partial charge >= 0.3 is 0 Å². The van der Waals surface area contributed by atoms with Crippen LogP contribution in [0.3, 0.4) is 0 Å². The number of nitrogens with one attached hydrogen (secondary N) is 1. The summed E-state index contributed by atoms with van der Waals surface area (Å²) < 4.78 is 0. The molecule has 1 amide bonds. The lowest BCUT2D eigenvalue weighted by molar-refractivity contribution is -0.134. The first kappa shape index (κ1) is 13.5. The van der Waals surface area contributed by atoms with Gasteiger partial charge in [0.2, 0.25) is 5.91 Å². The van der Waals surface area contributed by atoms with Crippen LogP contribution in [-0.4, -0.2) is 48.7 Å². The van der Waals surface area contributed by atoms with Crippen molar-refractivity contribution in [3.8, 4) is 0 Å². The quantitative estimate of drug-likeness (QED) is 0.705. The van der Waals surface area contributed by atoms with E-state index in [1.807, 2.05) is 11.9 Å². The van der Waals surface area contributed by atoms with E-state index in [1.54, 1.807) is 0 Å². The number of rotatable bonds is 6. The topological polar surface area (TPSA) is 52.6 Å². The second-order valence-corrected chi connectivity index (χ2v) is 4.46. The van der Waals surface area contributed by atoms with Crippen LogP contribution in [0.25, 0.3) is 0 Å². The molecular formula is C12H24N2O2. The molecule has 1 saturated carbocycles. The molecule has 0 unspecified atom stereocenters. The summed E-state index contributed by atoms with van der Waals surface area (Å²) in [5.74, 6) is 0.176. The number of nitrogens with zero attached hydrogens (tertiary/aromatic N) is 1. The summed E-state index contributed by atoms with van der Waals surface area (Å²) in [7, 11) is 1.85. The monoisotopic (exact) mass is 228 g/mol. The number of amides is 1. The first-order valence-corrected chi connectivity index (χ1v) is 6.34. The van der Waals surface area contributed by atoms with Crippen LogP contribution >= 0.6 is 0 Å². The average molecular weight is 228 g/mol. The molecular weight excluding hydrogens is 204 g/mol. The van der Waals surface area contributed by atoms with Crippen LogP contribution in [0.1, 0.15) is 38.5 Å². The number of aliphatic hydroxyl groups excluding tert-OH is 1. The molecule has 1 aliphatic carbocycles. The maximum atomic E-state index is 12.0. The standard InChI is InChI=1S/C12H24N2O2/c1-13-8-7-12(16)14(9-10-15)11-5-3-2-4-6-11/h11,13,15H,2-10H2,1H3. The summed E-state index contributed by atoms with van der Waals surface area (Å²) in [6.45, 7) is 1.28. The second kappa shape index (κ2) is 7.63. The summed E-state index contributed by atoms with van der Waals surface area (Å²) in [6.07, 6.45) is 6.45. The fourth-order valence-corrected chi connectivity index (χ4v) is 2.39. The van der Waals surface area contributed by atoms with E-state index >= 15 is 0 Å². The zero-order valence-corrected chi connectivity index (χ0v) is 10.2. The van der Waals surface area contributed by atoms with E-state index < -0.39 is 0 Å². The number of aliphatic hydroxyl groups is 1. The summed E-state index contributed by atoms with van der Waals surface area (Å²) in [5.41, 5.74) is 0. The highest BCUT2D eigenvalue weighted by Crippen LogP contribution is 2.22. The normalized spacial score (nSPS) is 17.4. The van der Waals surface area contributed by atoms with Gasteiger partial charge in [-0.3, -0.25) is 4.79 Å². The van der Waals surface area contributed by atoms with Crippen molar-refractivity contribution < 1.29 is 9.90 Å². The van der Waals surface area contributed by atoms with Gasteiger partial charge in [0, 0.05) is 25.6 Å². The van der Waals surface area contributed by atoms with E-state index in [4.69, 9.17) is 5.11 Å². The van der Waals surface area contributed by atoms with Crippen LogP contribution in [0.4, 0.5) is 0 Å². The van der Waals surface area contributed by atoms with E-state index in [0.29, 0.717) is 25.6 Å². The Hall–Kier alpha value is -0.610. The summed E-state index contributed by atoms with van der Waals surface area (Å²) in [5, 5.41) is 12.0. The highest BCUT2D eigenvalue weighted by atomic mass is 16.3. The molecule has 0 spiro atoms. The number of hydrogen-bond donors (Lipinski definition) is 2. The molecule has 94 valence electrons. The van der Waals surface area contributed by atoms with E-state index in [-0.39, 0.29) is 12.5 Å². The van der Waals surface area contributed by atoms with Crippen molar-refractivity contribution in [2.45, 2.75) is 44.6 Å². The largest absolute Gasteiger partial charge is 0.395 e. The van der Waals surface area contributed by atoms with Crippen LogP contribution in [0, 0.1) is 0 Å². The third-order valence-corrected chi connectivity index (χ3v) is 3.27. The van der Waals surface area contributed by atoms with Crippen LogP contribution in [0.15, 0.2) is 0 Å². The summed E-state index contributed by atoms with van der Waals surface area (Å²) in [6, 6.07) is 0.366. The van der Waals surface area contributed by atoms with Crippen LogP contribution in [-0.2, 0) is 4.79 Å². The lowest BCUT2D eigenvalue weighted by Gasteiger charge is -2.34. The molecule has 2 N–H and O–H groups in total. The van der Waals surface area contributed by atoms with Crippen LogP contribution in [0.5, 0.6) is 0 Å². The molecule has 0 radical (unpaired) electrons. The summed E-state index contributed by atoms with van der Waals surface area (Å²) >= 11 is 0. The van der Waals surface area contributed by atoms with Gasteiger partial charge in [-0.05, 0) is 19.9 Å². The van der Waals surface area contributed by atoms with Crippen molar-refractivity contribution in [2.75, 3.05) is 26.7 Å². The van der Waals surface area contributed by atoms with Crippen molar-refractivity contribution in [2.24, 2.45) is 0 Å². The Balaban J connectivity index is 2.47. The Morgan fingerprint density at radius 1 is 1.38 bits per heavy atom. The Morgan fingerprint density at radius 2 is 2.06 bits per heavy atom. The molecule has 0 heterocycles. The third-order valence-electron chi connectivity index (χ3n) is 3.27. The van der Waals surface area contributed by atoms with Crippen molar-refractivity contribution in [1.29, 1.82) is 0 Å². The first-order valence-electron chi connectivity index (χ1n) is 6.34. The molecule has 4 heteroatoms. The van der Waals surface area contributed by atoms with Gasteiger partial charge in [0.1, 0.15) is 0 Å². The van der Waals surface area contributed by atoms with Gasteiger partial charge in [-0.25, -0.2) is 0 Å². The molecule has 0 saturated heterocycles. The van der Waals surface area contributed by atoms with Crippen LogP contribution < -0.4 is 5.32 Å². The van der Waals surface area contributed by atoms with Gasteiger partial charge in [-0.1, -0.05) is 19.3 Å². The first-order chi connectivity index (χ1) is 7.79. The van der Waals surface area contributed by atoms with E-state index in [1.165, 1.54) is 19.3 Å². The number of carbonyl (C=O) groups excluding carboxylic acids is 1. The van der Waals surface area contributed by atoms with E-state index in [2.05, 4.69) is 5.32 Å². The van der Waals surface area contributed by atoms with Gasteiger partial charge < -0.3 is 15.3 Å². The molecule has 0 bridgehead atoms. The fraction of sp³-hybridized carbons (Fsp3) is 0.917. The highest BCUT2D eigenvalue weighted by molar-refractivity contribution is 5.76. The zero-order valence-electron chi connectivity index (χ0n) is 10.2. The molecule has 0 aromatic carbocycles. The Bertz CT molecular complexity index is 203. The van der Waals surface area contributed by atoms with Gasteiger partial charge in [0.25, 0.3) is 0 Å². The zero-order chi connectivity index (χ0) is 11.8. The predicted molar refractivity (Wildman–Crippen MR) is 64.2 cm³/mol. The van der Waals surface area contributed by atoms with Crippen molar-refractivity contribution in [3.05, 3.63) is 0 Å². The fourth-order valence-electron chi connectivity index (χ4n) is 2.39. The Morgan fingerprint density at radius 3 is 2.62 bits per heavy atom. The van der Waals surface area contributed by atoms with Gasteiger partial charge in [-0.2, -0.15) is 0 Å². The van der Waals surface area contributed by atoms with Gasteiger partial charge in [0.05, 0.1) is 6.61 Å². The molecule has 0 atom stereocenters.